The number of hydrogen-bond acceptors (Lipinski definition) is 2. The Morgan fingerprint density at radius 3 is 2.10 bits per heavy atom. The van der Waals surface area contributed by atoms with E-state index in [1.165, 1.54) is 4.90 Å². The third-order valence-electron chi connectivity index (χ3n) is 3.76. The molecular formula is C17H15NO2. The minimum absolute atomic E-state index is 0.104. The van der Waals surface area contributed by atoms with E-state index in [9.17, 15) is 9.59 Å². The summed E-state index contributed by atoms with van der Waals surface area (Å²) in [5.41, 5.74) is 1.55. The molecule has 0 aliphatic carbocycles. The van der Waals surface area contributed by atoms with Crippen molar-refractivity contribution in [1.82, 2.24) is 4.90 Å². The van der Waals surface area contributed by atoms with Gasteiger partial charge in [0.25, 0.3) is 5.91 Å². The zero-order valence-electron chi connectivity index (χ0n) is 11.2. The third-order valence-corrected chi connectivity index (χ3v) is 3.76. The van der Waals surface area contributed by atoms with Crippen molar-refractivity contribution in [2.75, 3.05) is 0 Å². The zero-order chi connectivity index (χ0) is 14.1. The Hall–Kier alpha value is -2.42. The second-order valence-corrected chi connectivity index (χ2v) is 5.02. The topological polar surface area (TPSA) is 37.4 Å². The van der Waals surface area contributed by atoms with Gasteiger partial charge in [0.2, 0.25) is 5.91 Å². The number of β-lactam (4-membered cyclic amide) rings is 1. The van der Waals surface area contributed by atoms with E-state index in [-0.39, 0.29) is 23.8 Å². The van der Waals surface area contributed by atoms with Gasteiger partial charge in [0.15, 0.2) is 0 Å². The maximum absolute atomic E-state index is 12.5. The first-order chi connectivity index (χ1) is 9.70. The second kappa shape index (κ2) is 4.93. The van der Waals surface area contributed by atoms with Crippen molar-refractivity contribution >= 4 is 11.8 Å². The molecule has 0 aromatic heterocycles. The van der Waals surface area contributed by atoms with Crippen LogP contribution in [0.15, 0.2) is 60.7 Å². The normalized spacial score (nSPS) is 21.4. The Labute approximate surface area is 117 Å². The number of rotatable bonds is 2. The quantitative estimate of drug-likeness (QED) is 0.618. The maximum Gasteiger partial charge on any atom is 0.261 e. The molecule has 1 saturated heterocycles. The molecule has 0 radical (unpaired) electrons. The van der Waals surface area contributed by atoms with Crippen molar-refractivity contribution in [2.24, 2.45) is 5.92 Å². The Bertz CT molecular complexity index is 637. The average molecular weight is 265 g/mol. The molecule has 0 N–H and O–H groups in total. The summed E-state index contributed by atoms with van der Waals surface area (Å²) in [6.07, 6.45) is 0. The van der Waals surface area contributed by atoms with E-state index in [4.69, 9.17) is 0 Å². The van der Waals surface area contributed by atoms with Gasteiger partial charge >= 0.3 is 0 Å². The molecule has 2 atom stereocenters. The van der Waals surface area contributed by atoms with Crippen LogP contribution in [-0.2, 0) is 4.79 Å². The van der Waals surface area contributed by atoms with E-state index in [0.29, 0.717) is 5.56 Å². The number of imide groups is 1. The molecule has 2 aromatic rings. The van der Waals surface area contributed by atoms with Gasteiger partial charge in [-0.3, -0.25) is 14.5 Å². The van der Waals surface area contributed by atoms with E-state index in [0.717, 1.165) is 5.56 Å². The Morgan fingerprint density at radius 2 is 1.50 bits per heavy atom. The van der Waals surface area contributed by atoms with Gasteiger partial charge in [-0.1, -0.05) is 55.5 Å². The lowest BCUT2D eigenvalue weighted by atomic mass is 9.83. The summed E-state index contributed by atoms with van der Waals surface area (Å²) in [5.74, 6) is -0.472. The first kappa shape index (κ1) is 12.6. The van der Waals surface area contributed by atoms with Crippen LogP contribution < -0.4 is 0 Å². The van der Waals surface area contributed by atoms with Crippen LogP contribution in [0.5, 0.6) is 0 Å². The highest BCUT2D eigenvalue weighted by molar-refractivity contribution is 6.09. The number of hydrogen-bond donors (Lipinski definition) is 0. The van der Waals surface area contributed by atoms with Crippen LogP contribution in [0.1, 0.15) is 28.9 Å². The van der Waals surface area contributed by atoms with Crippen LogP contribution in [0, 0.1) is 5.92 Å². The Morgan fingerprint density at radius 1 is 0.950 bits per heavy atom. The molecule has 2 aromatic carbocycles. The first-order valence-electron chi connectivity index (χ1n) is 6.67. The monoisotopic (exact) mass is 265 g/mol. The molecule has 1 unspecified atom stereocenters. The zero-order valence-corrected chi connectivity index (χ0v) is 11.2. The number of likely N-dealkylation sites (tertiary alicyclic amines) is 1. The van der Waals surface area contributed by atoms with Crippen LogP contribution in [-0.4, -0.2) is 16.7 Å². The molecule has 3 heteroatoms. The predicted molar refractivity (Wildman–Crippen MR) is 76.0 cm³/mol. The number of nitrogens with zero attached hydrogens (tertiary/aromatic N) is 1. The lowest BCUT2D eigenvalue weighted by Crippen LogP contribution is -2.56. The number of amides is 2. The van der Waals surface area contributed by atoms with Crippen molar-refractivity contribution in [3.8, 4) is 0 Å². The minimum atomic E-state index is -0.220. The van der Waals surface area contributed by atoms with Crippen molar-refractivity contribution in [3.63, 3.8) is 0 Å². The molecule has 100 valence electrons. The largest absolute Gasteiger partial charge is 0.274 e. The molecule has 1 fully saturated rings. The van der Waals surface area contributed by atoms with Crippen molar-refractivity contribution in [1.29, 1.82) is 0 Å². The van der Waals surface area contributed by atoms with E-state index < -0.39 is 0 Å². The molecule has 1 heterocycles. The summed E-state index contributed by atoms with van der Waals surface area (Å²) in [6, 6.07) is 18.5. The van der Waals surface area contributed by atoms with Crippen molar-refractivity contribution < 1.29 is 9.59 Å². The summed E-state index contributed by atoms with van der Waals surface area (Å²) < 4.78 is 0. The van der Waals surface area contributed by atoms with E-state index in [1.54, 1.807) is 24.3 Å². The Kier molecular flexibility index (Phi) is 3.11. The molecule has 20 heavy (non-hydrogen) atoms. The molecule has 1 aliphatic heterocycles. The van der Waals surface area contributed by atoms with Crippen LogP contribution in [0.25, 0.3) is 0 Å². The molecule has 0 bridgehead atoms. The highest BCUT2D eigenvalue weighted by Gasteiger charge is 2.48. The summed E-state index contributed by atoms with van der Waals surface area (Å²) in [6.45, 7) is 1.87. The lowest BCUT2D eigenvalue weighted by Gasteiger charge is -2.44. The molecule has 2 amide bonds. The molecule has 0 saturated carbocycles. The second-order valence-electron chi connectivity index (χ2n) is 5.02. The van der Waals surface area contributed by atoms with Gasteiger partial charge in [0.05, 0.1) is 12.0 Å². The van der Waals surface area contributed by atoms with Crippen LogP contribution in [0.4, 0.5) is 0 Å². The van der Waals surface area contributed by atoms with Crippen LogP contribution in [0.3, 0.4) is 0 Å². The van der Waals surface area contributed by atoms with E-state index in [2.05, 4.69) is 0 Å². The smallest absolute Gasteiger partial charge is 0.261 e. The highest BCUT2D eigenvalue weighted by atomic mass is 16.2. The van der Waals surface area contributed by atoms with Gasteiger partial charge in [-0.2, -0.15) is 0 Å². The van der Waals surface area contributed by atoms with Crippen LogP contribution in [0.2, 0.25) is 0 Å². The Balaban J connectivity index is 1.92. The van der Waals surface area contributed by atoms with Gasteiger partial charge in [-0.15, -0.1) is 0 Å². The standard InChI is InChI=1S/C17H15NO2/c1-12-15(13-8-4-2-5-9-13)18(16(12)19)17(20)14-10-6-3-7-11-14/h2-12,15H,1H3/t12-,15?/m1/s1. The first-order valence-corrected chi connectivity index (χ1v) is 6.67. The van der Waals surface area contributed by atoms with Gasteiger partial charge in [-0.05, 0) is 17.7 Å². The predicted octanol–water partition coefficient (Wildman–Crippen LogP) is 3.05. The van der Waals surface area contributed by atoms with Crippen molar-refractivity contribution in [2.45, 2.75) is 13.0 Å². The average Bonchev–Trinajstić information content (AvgIpc) is 2.52. The minimum Gasteiger partial charge on any atom is -0.274 e. The maximum atomic E-state index is 12.5. The molecule has 3 rings (SSSR count). The number of benzene rings is 2. The van der Waals surface area contributed by atoms with Gasteiger partial charge in [0, 0.05) is 5.56 Å². The summed E-state index contributed by atoms with van der Waals surface area (Å²) >= 11 is 0. The number of carbonyl (C=O) groups is 2. The molecule has 0 spiro atoms. The lowest BCUT2D eigenvalue weighted by molar-refractivity contribution is -0.149. The molecular weight excluding hydrogens is 250 g/mol. The summed E-state index contributed by atoms with van der Waals surface area (Å²) in [4.78, 5) is 25.9. The van der Waals surface area contributed by atoms with E-state index in [1.807, 2.05) is 43.3 Å². The number of carbonyl (C=O) groups excluding carboxylic acids is 2. The summed E-state index contributed by atoms with van der Waals surface area (Å²) in [7, 11) is 0. The highest BCUT2D eigenvalue weighted by Crippen LogP contribution is 2.40. The summed E-state index contributed by atoms with van der Waals surface area (Å²) in [5, 5.41) is 0. The SMILES string of the molecule is C[C@H]1C(=O)N(C(=O)c2ccccc2)C1c1ccccc1. The van der Waals surface area contributed by atoms with Gasteiger partial charge in [-0.25, -0.2) is 0 Å². The molecule has 3 nitrogen and oxygen atoms in total. The van der Waals surface area contributed by atoms with Gasteiger partial charge < -0.3 is 0 Å². The third kappa shape index (κ3) is 1.92. The van der Waals surface area contributed by atoms with Gasteiger partial charge in [0.1, 0.15) is 0 Å². The fraction of sp³-hybridized carbons (Fsp3) is 0.176. The van der Waals surface area contributed by atoms with Crippen molar-refractivity contribution in [3.05, 3.63) is 71.8 Å². The fourth-order valence-electron chi connectivity index (χ4n) is 2.67. The van der Waals surface area contributed by atoms with Crippen LogP contribution >= 0.6 is 0 Å². The molecule has 1 aliphatic rings. The van der Waals surface area contributed by atoms with E-state index >= 15 is 0 Å². The fourth-order valence-corrected chi connectivity index (χ4v) is 2.67.